The average molecular weight is 297 g/mol. The van der Waals surface area contributed by atoms with Crippen LogP contribution in [0, 0.1) is 5.92 Å². The lowest BCUT2D eigenvalue weighted by atomic mass is 9.86. The first-order valence-corrected chi connectivity index (χ1v) is 7.72. The van der Waals surface area contributed by atoms with E-state index in [0.29, 0.717) is 12.2 Å². The summed E-state index contributed by atoms with van der Waals surface area (Å²) < 4.78 is 0. The second kappa shape index (κ2) is 7.35. The van der Waals surface area contributed by atoms with Crippen molar-refractivity contribution in [3.05, 3.63) is 16.6 Å². The number of thiazole rings is 1. The van der Waals surface area contributed by atoms with Crippen LogP contribution in [-0.2, 0) is 4.79 Å². The lowest BCUT2D eigenvalue weighted by molar-refractivity contribution is -0.120. The monoisotopic (exact) mass is 297 g/mol. The van der Waals surface area contributed by atoms with Crippen LogP contribution in [0.1, 0.15) is 36.2 Å². The zero-order valence-corrected chi connectivity index (χ0v) is 12.0. The third-order valence-electron chi connectivity index (χ3n) is 3.50. The summed E-state index contributed by atoms with van der Waals surface area (Å²) in [7, 11) is 0. The van der Waals surface area contributed by atoms with Crippen molar-refractivity contribution in [2.45, 2.75) is 31.8 Å². The van der Waals surface area contributed by atoms with Gasteiger partial charge in [-0.05, 0) is 12.8 Å². The van der Waals surface area contributed by atoms with Crippen LogP contribution >= 0.6 is 11.3 Å². The van der Waals surface area contributed by atoms with Gasteiger partial charge in [-0.2, -0.15) is 0 Å². The molecule has 0 bridgehead atoms. The Morgan fingerprint density at radius 3 is 2.85 bits per heavy atom. The number of aliphatic hydroxyl groups is 1. The Morgan fingerprint density at radius 2 is 2.15 bits per heavy atom. The van der Waals surface area contributed by atoms with E-state index in [0.717, 1.165) is 25.7 Å². The molecule has 2 rings (SSSR count). The molecule has 20 heavy (non-hydrogen) atoms. The molecule has 1 aliphatic rings. The van der Waals surface area contributed by atoms with Gasteiger partial charge >= 0.3 is 0 Å². The Bertz CT molecular complexity index is 450. The topological polar surface area (TPSA) is 91.3 Å². The molecule has 110 valence electrons. The predicted octanol–water partition coefficient (Wildman–Crippen LogP) is 0.540. The number of rotatable bonds is 5. The molecular formula is C13H19N3O3S. The maximum Gasteiger partial charge on any atom is 0.271 e. The van der Waals surface area contributed by atoms with Gasteiger partial charge in [0.2, 0.25) is 5.91 Å². The Morgan fingerprint density at radius 1 is 1.35 bits per heavy atom. The fraction of sp³-hybridized carbons (Fsp3) is 0.615. The summed E-state index contributed by atoms with van der Waals surface area (Å²) in [4.78, 5) is 27.1. The van der Waals surface area contributed by atoms with E-state index in [2.05, 4.69) is 15.6 Å². The van der Waals surface area contributed by atoms with Gasteiger partial charge in [0, 0.05) is 17.8 Å². The number of nitrogens with zero attached hydrogens (tertiary/aromatic N) is 1. The highest BCUT2D eigenvalue weighted by atomic mass is 32.1. The first-order chi connectivity index (χ1) is 9.66. The number of aliphatic hydroxyl groups excluding tert-OH is 1. The fourth-order valence-electron chi connectivity index (χ4n) is 2.31. The Kier molecular flexibility index (Phi) is 5.49. The van der Waals surface area contributed by atoms with Gasteiger partial charge in [0.1, 0.15) is 5.69 Å². The van der Waals surface area contributed by atoms with E-state index in [-0.39, 0.29) is 30.4 Å². The minimum Gasteiger partial charge on any atom is -0.393 e. The molecule has 3 N–H and O–H groups in total. The minimum atomic E-state index is -0.348. The molecule has 1 aromatic heterocycles. The highest BCUT2D eigenvalue weighted by Crippen LogP contribution is 2.23. The van der Waals surface area contributed by atoms with Gasteiger partial charge < -0.3 is 15.7 Å². The number of carbonyl (C=O) groups is 2. The van der Waals surface area contributed by atoms with Gasteiger partial charge in [0.15, 0.2) is 0 Å². The molecule has 7 heteroatoms. The smallest absolute Gasteiger partial charge is 0.271 e. The number of nitrogens with one attached hydrogen (secondary N) is 2. The zero-order valence-electron chi connectivity index (χ0n) is 11.2. The first kappa shape index (κ1) is 14.9. The predicted molar refractivity (Wildman–Crippen MR) is 75.4 cm³/mol. The van der Waals surface area contributed by atoms with E-state index in [9.17, 15) is 14.7 Å². The van der Waals surface area contributed by atoms with E-state index in [1.54, 1.807) is 10.9 Å². The van der Waals surface area contributed by atoms with Gasteiger partial charge in [-0.3, -0.25) is 9.59 Å². The van der Waals surface area contributed by atoms with Crippen LogP contribution < -0.4 is 10.6 Å². The highest BCUT2D eigenvalue weighted by molar-refractivity contribution is 7.07. The van der Waals surface area contributed by atoms with E-state index in [1.807, 2.05) is 0 Å². The fourth-order valence-corrected chi connectivity index (χ4v) is 2.84. The summed E-state index contributed by atoms with van der Waals surface area (Å²) in [5.41, 5.74) is 1.89. The summed E-state index contributed by atoms with van der Waals surface area (Å²) in [6, 6.07) is 0. The summed E-state index contributed by atoms with van der Waals surface area (Å²) in [5, 5.41) is 16.7. The molecule has 2 atom stereocenters. The van der Waals surface area contributed by atoms with Gasteiger partial charge in [0.25, 0.3) is 5.91 Å². The van der Waals surface area contributed by atoms with Crippen LogP contribution in [-0.4, -0.2) is 41.1 Å². The lowest BCUT2D eigenvalue weighted by Gasteiger charge is -2.27. The van der Waals surface area contributed by atoms with Crippen LogP contribution in [0.5, 0.6) is 0 Å². The zero-order chi connectivity index (χ0) is 14.4. The summed E-state index contributed by atoms with van der Waals surface area (Å²) in [6.45, 7) is 0.395. The second-order valence-electron chi connectivity index (χ2n) is 4.97. The molecule has 0 aliphatic heterocycles. The molecule has 0 radical (unpaired) electrons. The molecule has 0 saturated heterocycles. The molecule has 2 amide bonds. The van der Waals surface area contributed by atoms with Crippen molar-refractivity contribution in [2.24, 2.45) is 5.92 Å². The molecule has 0 aromatic carbocycles. The van der Waals surface area contributed by atoms with Crippen molar-refractivity contribution in [3.8, 4) is 0 Å². The van der Waals surface area contributed by atoms with E-state index in [1.165, 1.54) is 11.3 Å². The lowest BCUT2D eigenvalue weighted by Crippen LogP contribution is -2.41. The van der Waals surface area contributed by atoms with Crippen molar-refractivity contribution in [2.75, 3.05) is 13.1 Å². The van der Waals surface area contributed by atoms with E-state index >= 15 is 0 Å². The van der Waals surface area contributed by atoms with E-state index in [4.69, 9.17) is 0 Å². The minimum absolute atomic E-state index is 0.0703. The number of aromatic nitrogens is 1. The molecule has 1 heterocycles. The van der Waals surface area contributed by atoms with Crippen molar-refractivity contribution < 1.29 is 14.7 Å². The average Bonchev–Trinajstić information content (AvgIpc) is 2.98. The number of hydrogen-bond acceptors (Lipinski definition) is 5. The van der Waals surface area contributed by atoms with Crippen LogP contribution in [0.4, 0.5) is 0 Å². The van der Waals surface area contributed by atoms with Gasteiger partial charge in [-0.15, -0.1) is 11.3 Å². The Labute approximate surface area is 121 Å². The summed E-state index contributed by atoms with van der Waals surface area (Å²) >= 11 is 1.33. The number of amides is 2. The molecule has 0 unspecified atom stereocenters. The number of hydrogen-bond donors (Lipinski definition) is 3. The van der Waals surface area contributed by atoms with Crippen molar-refractivity contribution in [1.29, 1.82) is 0 Å². The van der Waals surface area contributed by atoms with Gasteiger partial charge in [-0.1, -0.05) is 12.8 Å². The quantitative estimate of drug-likeness (QED) is 0.740. The van der Waals surface area contributed by atoms with Crippen LogP contribution in [0.25, 0.3) is 0 Å². The SMILES string of the molecule is O=C(CNC(=O)c1cscn1)NC[C@H]1CCCC[C@@H]1O. The van der Waals surface area contributed by atoms with Crippen molar-refractivity contribution >= 4 is 23.2 Å². The Hall–Kier alpha value is -1.47. The standard InChI is InChI=1S/C13H19N3O3S/c17-11-4-2-1-3-9(11)5-14-12(18)6-15-13(19)10-7-20-8-16-10/h7-9,11,17H,1-6H2,(H,14,18)(H,15,19)/t9-,11+/m1/s1. The maximum absolute atomic E-state index is 11.6. The van der Waals surface area contributed by atoms with Crippen LogP contribution in [0.2, 0.25) is 0 Å². The largest absolute Gasteiger partial charge is 0.393 e. The van der Waals surface area contributed by atoms with Crippen molar-refractivity contribution in [3.63, 3.8) is 0 Å². The highest BCUT2D eigenvalue weighted by Gasteiger charge is 2.23. The normalized spacial score (nSPS) is 22.2. The van der Waals surface area contributed by atoms with Crippen LogP contribution in [0.3, 0.4) is 0 Å². The van der Waals surface area contributed by atoms with Crippen LogP contribution in [0.15, 0.2) is 10.9 Å². The van der Waals surface area contributed by atoms with Crippen molar-refractivity contribution in [1.82, 2.24) is 15.6 Å². The summed E-state index contributed by atoms with van der Waals surface area (Å²) in [6.07, 6.45) is 3.56. The molecule has 1 aliphatic carbocycles. The van der Waals surface area contributed by atoms with Gasteiger partial charge in [-0.25, -0.2) is 4.98 Å². The molecular weight excluding hydrogens is 278 g/mol. The van der Waals surface area contributed by atoms with E-state index < -0.39 is 0 Å². The third-order valence-corrected chi connectivity index (χ3v) is 4.09. The molecule has 1 aromatic rings. The van der Waals surface area contributed by atoms with Gasteiger partial charge in [0.05, 0.1) is 18.2 Å². The first-order valence-electron chi connectivity index (χ1n) is 6.78. The molecule has 1 saturated carbocycles. The molecule has 6 nitrogen and oxygen atoms in total. The third kappa shape index (κ3) is 4.28. The summed E-state index contributed by atoms with van der Waals surface area (Å²) in [5.74, 6) is -0.465. The second-order valence-corrected chi connectivity index (χ2v) is 5.69. The number of carbonyl (C=O) groups excluding carboxylic acids is 2. The Balaban J connectivity index is 1.66. The maximum atomic E-state index is 11.6. The molecule has 1 fully saturated rings. The molecule has 0 spiro atoms.